The molecule has 2 rings (SSSR count). The van der Waals surface area contributed by atoms with Crippen molar-refractivity contribution in [2.75, 3.05) is 24.6 Å². The van der Waals surface area contributed by atoms with Crippen molar-refractivity contribution < 1.29 is 14.7 Å². The van der Waals surface area contributed by atoms with Crippen molar-refractivity contribution in [3.8, 4) is 0 Å². The van der Waals surface area contributed by atoms with E-state index in [1.807, 2.05) is 13.0 Å². The third kappa shape index (κ3) is 6.50. The molecule has 0 bridgehead atoms. The Bertz CT molecular complexity index is 496. The van der Waals surface area contributed by atoms with Crippen molar-refractivity contribution >= 4 is 24.1 Å². The molecule has 1 aliphatic rings. The molecule has 8 nitrogen and oxygen atoms in total. The first-order chi connectivity index (χ1) is 11.0. The van der Waals surface area contributed by atoms with Crippen molar-refractivity contribution in [1.82, 2.24) is 15.3 Å². The molecule has 0 atom stereocenters. The van der Waals surface area contributed by atoms with E-state index in [-0.39, 0.29) is 18.3 Å². The van der Waals surface area contributed by atoms with Gasteiger partial charge in [0.25, 0.3) is 6.47 Å². The second-order valence-electron chi connectivity index (χ2n) is 5.57. The van der Waals surface area contributed by atoms with Crippen LogP contribution in [0.15, 0.2) is 6.07 Å². The number of aromatic nitrogens is 2. The predicted octanol–water partition coefficient (Wildman–Crippen LogP) is 1.03. The number of nitrogens with two attached hydrogens (primary N) is 1. The first-order valence-electron chi connectivity index (χ1n) is 7.64. The van der Waals surface area contributed by atoms with Crippen LogP contribution in [0.4, 0.5) is 11.8 Å². The van der Waals surface area contributed by atoms with Gasteiger partial charge in [0.1, 0.15) is 5.82 Å². The fourth-order valence-corrected chi connectivity index (χ4v) is 2.76. The highest BCUT2D eigenvalue weighted by atomic mass is 16.3. The van der Waals surface area contributed by atoms with E-state index in [1.54, 1.807) is 7.05 Å². The molecule has 1 aromatic rings. The highest BCUT2D eigenvalue weighted by molar-refractivity contribution is 5.78. The first kappa shape index (κ1) is 18.7. The highest BCUT2D eigenvalue weighted by Crippen LogP contribution is 2.29. The van der Waals surface area contributed by atoms with Gasteiger partial charge in [-0.3, -0.25) is 9.59 Å². The van der Waals surface area contributed by atoms with Gasteiger partial charge in [0.15, 0.2) is 0 Å². The van der Waals surface area contributed by atoms with Crippen molar-refractivity contribution in [3.63, 3.8) is 0 Å². The summed E-state index contributed by atoms with van der Waals surface area (Å²) in [5.41, 5.74) is 6.49. The topological polar surface area (TPSA) is 130 Å². The quantitative estimate of drug-likeness (QED) is 0.609. The number of carboxylic acid groups (broad SMARTS) is 1. The summed E-state index contributed by atoms with van der Waals surface area (Å²) in [6.07, 6.45) is 4.09. The molecule has 0 aliphatic heterocycles. The number of carbonyl (C=O) groups excluding carboxylic acids is 1. The van der Waals surface area contributed by atoms with Crippen LogP contribution in [0.3, 0.4) is 0 Å². The average molecular weight is 323 g/mol. The Morgan fingerprint density at radius 1 is 1.39 bits per heavy atom. The van der Waals surface area contributed by atoms with E-state index >= 15 is 0 Å². The van der Waals surface area contributed by atoms with Gasteiger partial charge in [0.05, 0.1) is 0 Å². The molecule has 1 amide bonds. The van der Waals surface area contributed by atoms with Crippen molar-refractivity contribution in [3.05, 3.63) is 11.8 Å². The molecular formula is C15H25N5O3. The van der Waals surface area contributed by atoms with Gasteiger partial charge in [-0.25, -0.2) is 4.98 Å². The number of hydrogen-bond acceptors (Lipinski definition) is 6. The highest BCUT2D eigenvalue weighted by Gasteiger charge is 2.25. The molecule has 1 fully saturated rings. The van der Waals surface area contributed by atoms with Gasteiger partial charge in [-0.2, -0.15) is 4.98 Å². The molecule has 8 heteroatoms. The standard InChI is InChI=1S/C14H23N5O.CH2O2/c1-9-7-12(19-14(15)18-9)17-8-10-3-5-11(6-4-10)13(20)16-2;2-1-3/h7,10-11H,3-6,8H2,1-2H3,(H,16,20)(H3,15,17,18,19);1H,(H,2,3). The SMILES string of the molecule is CNC(=O)C1CCC(CNc2cc(C)nc(N)n2)CC1.O=CO. The average Bonchev–Trinajstić information content (AvgIpc) is 2.52. The Kier molecular flexibility index (Phi) is 7.79. The zero-order valence-corrected chi connectivity index (χ0v) is 13.6. The van der Waals surface area contributed by atoms with Gasteiger partial charge >= 0.3 is 0 Å². The number of rotatable bonds is 4. The Hall–Kier alpha value is -2.38. The van der Waals surface area contributed by atoms with Crippen LogP contribution in [0.5, 0.6) is 0 Å². The molecule has 0 spiro atoms. The first-order valence-corrected chi connectivity index (χ1v) is 7.64. The Balaban J connectivity index is 0.000000816. The summed E-state index contributed by atoms with van der Waals surface area (Å²) in [6.45, 7) is 2.52. The van der Waals surface area contributed by atoms with E-state index in [1.165, 1.54) is 0 Å². The Morgan fingerprint density at radius 3 is 2.52 bits per heavy atom. The molecule has 5 N–H and O–H groups in total. The smallest absolute Gasteiger partial charge is 0.290 e. The van der Waals surface area contributed by atoms with Gasteiger partial charge < -0.3 is 21.5 Å². The van der Waals surface area contributed by atoms with E-state index in [2.05, 4.69) is 20.6 Å². The number of amides is 1. The van der Waals surface area contributed by atoms with Gasteiger partial charge in [-0.05, 0) is 38.5 Å². The fraction of sp³-hybridized carbons (Fsp3) is 0.600. The van der Waals surface area contributed by atoms with Crippen molar-refractivity contribution in [2.24, 2.45) is 11.8 Å². The maximum absolute atomic E-state index is 11.6. The minimum absolute atomic E-state index is 0.176. The van der Waals surface area contributed by atoms with Crippen LogP contribution in [0.1, 0.15) is 31.4 Å². The van der Waals surface area contributed by atoms with Crippen LogP contribution in [-0.2, 0) is 9.59 Å². The van der Waals surface area contributed by atoms with Crippen molar-refractivity contribution in [2.45, 2.75) is 32.6 Å². The number of nitrogens with one attached hydrogen (secondary N) is 2. The summed E-state index contributed by atoms with van der Waals surface area (Å²) in [5, 5.41) is 12.9. The number of nitrogen functional groups attached to an aromatic ring is 1. The van der Waals surface area contributed by atoms with Crippen LogP contribution in [0.25, 0.3) is 0 Å². The molecule has 1 saturated carbocycles. The maximum Gasteiger partial charge on any atom is 0.290 e. The van der Waals surface area contributed by atoms with Gasteiger partial charge in [-0.15, -0.1) is 0 Å². The number of nitrogens with zero attached hydrogens (tertiary/aromatic N) is 2. The number of hydrogen-bond donors (Lipinski definition) is 4. The third-order valence-corrected chi connectivity index (χ3v) is 3.91. The summed E-state index contributed by atoms with van der Waals surface area (Å²) >= 11 is 0. The summed E-state index contributed by atoms with van der Waals surface area (Å²) in [7, 11) is 1.71. The normalized spacial score (nSPS) is 19.9. The zero-order chi connectivity index (χ0) is 17.2. The molecule has 0 aromatic carbocycles. The number of aryl methyl sites for hydroxylation is 1. The molecule has 23 heavy (non-hydrogen) atoms. The van der Waals surface area contributed by atoms with Crippen LogP contribution in [-0.4, -0.2) is 41.0 Å². The van der Waals surface area contributed by atoms with Gasteiger partial charge in [-0.1, -0.05) is 0 Å². The number of anilines is 2. The van der Waals surface area contributed by atoms with E-state index < -0.39 is 0 Å². The van der Waals surface area contributed by atoms with Crippen LogP contribution >= 0.6 is 0 Å². The summed E-state index contributed by atoms with van der Waals surface area (Å²) in [5.74, 6) is 2.04. The van der Waals surface area contributed by atoms with Crippen molar-refractivity contribution in [1.29, 1.82) is 0 Å². The second-order valence-corrected chi connectivity index (χ2v) is 5.57. The molecule has 1 aliphatic carbocycles. The second kappa shape index (κ2) is 9.60. The predicted molar refractivity (Wildman–Crippen MR) is 87.9 cm³/mol. The third-order valence-electron chi connectivity index (χ3n) is 3.91. The summed E-state index contributed by atoms with van der Waals surface area (Å²) in [4.78, 5) is 28.1. The number of carbonyl (C=O) groups is 2. The molecule has 1 heterocycles. The minimum Gasteiger partial charge on any atom is -0.483 e. The minimum atomic E-state index is -0.250. The largest absolute Gasteiger partial charge is 0.483 e. The van der Waals surface area contributed by atoms with E-state index in [4.69, 9.17) is 15.6 Å². The lowest BCUT2D eigenvalue weighted by atomic mass is 9.81. The summed E-state index contributed by atoms with van der Waals surface area (Å²) in [6, 6.07) is 1.90. The van der Waals surface area contributed by atoms with Crippen LogP contribution < -0.4 is 16.4 Å². The lowest BCUT2D eigenvalue weighted by Gasteiger charge is -2.27. The molecule has 0 saturated heterocycles. The van der Waals surface area contributed by atoms with E-state index in [0.29, 0.717) is 11.9 Å². The molecule has 128 valence electrons. The maximum atomic E-state index is 11.6. The molecule has 1 aromatic heterocycles. The lowest BCUT2D eigenvalue weighted by Crippen LogP contribution is -2.32. The Morgan fingerprint density at radius 2 is 2.00 bits per heavy atom. The van der Waals surface area contributed by atoms with Crippen LogP contribution in [0.2, 0.25) is 0 Å². The Labute approximate surface area is 135 Å². The molecule has 0 radical (unpaired) electrons. The van der Waals surface area contributed by atoms with E-state index in [0.717, 1.165) is 43.7 Å². The van der Waals surface area contributed by atoms with Gasteiger partial charge in [0.2, 0.25) is 11.9 Å². The summed E-state index contributed by atoms with van der Waals surface area (Å²) < 4.78 is 0. The molecule has 0 unspecified atom stereocenters. The van der Waals surface area contributed by atoms with Gasteiger partial charge in [0, 0.05) is 31.3 Å². The monoisotopic (exact) mass is 323 g/mol. The van der Waals surface area contributed by atoms with Crippen LogP contribution in [0, 0.1) is 18.8 Å². The van der Waals surface area contributed by atoms with E-state index in [9.17, 15) is 4.79 Å². The zero-order valence-electron chi connectivity index (χ0n) is 13.6. The lowest BCUT2D eigenvalue weighted by molar-refractivity contribution is -0.125. The molecular weight excluding hydrogens is 298 g/mol. The fourth-order valence-electron chi connectivity index (χ4n) is 2.76.